The molecule has 0 bridgehead atoms. The number of carbonyl (C=O) groups is 1. The Kier molecular flexibility index (Phi) is 6.10. The van der Waals surface area contributed by atoms with Crippen molar-refractivity contribution in [3.8, 4) is 0 Å². The minimum absolute atomic E-state index is 0.330. The summed E-state index contributed by atoms with van der Waals surface area (Å²) >= 11 is 0. The van der Waals surface area contributed by atoms with Gasteiger partial charge in [-0.1, -0.05) is 12.8 Å². The second-order valence-corrected chi connectivity index (χ2v) is 5.76. The predicted molar refractivity (Wildman–Crippen MR) is 90.3 cm³/mol. The Labute approximate surface area is 137 Å². The molecular weight excluding hydrogens is 292 g/mol. The lowest BCUT2D eigenvalue weighted by Crippen LogP contribution is -2.13. The van der Waals surface area contributed by atoms with Crippen molar-refractivity contribution in [2.24, 2.45) is 5.73 Å². The number of hydrogen-bond donors (Lipinski definition) is 1. The summed E-state index contributed by atoms with van der Waals surface area (Å²) in [6.07, 6.45) is 8.55. The fraction of sp³-hybridized carbons (Fsp3) is 0.588. The van der Waals surface area contributed by atoms with Gasteiger partial charge in [0.1, 0.15) is 0 Å². The summed E-state index contributed by atoms with van der Waals surface area (Å²) in [6, 6.07) is 0.546. The summed E-state index contributed by atoms with van der Waals surface area (Å²) in [5.74, 6) is -0.330. The van der Waals surface area contributed by atoms with Crippen molar-refractivity contribution in [2.75, 3.05) is 6.61 Å². The Morgan fingerprint density at radius 2 is 2.04 bits per heavy atom. The van der Waals surface area contributed by atoms with Gasteiger partial charge in [0.2, 0.25) is 0 Å². The maximum Gasteiger partial charge on any atom is 0.339 e. The number of rotatable bonds is 3. The van der Waals surface area contributed by atoms with Crippen LogP contribution in [0.15, 0.2) is 12.4 Å². The van der Waals surface area contributed by atoms with E-state index in [1.165, 1.54) is 25.7 Å². The monoisotopic (exact) mass is 318 g/mol. The van der Waals surface area contributed by atoms with Gasteiger partial charge in [-0.25, -0.2) is 14.5 Å². The molecule has 6 nitrogen and oxygen atoms in total. The first-order chi connectivity index (χ1) is 11.1. The summed E-state index contributed by atoms with van der Waals surface area (Å²) in [4.78, 5) is 16.0. The third-order valence-corrected chi connectivity index (χ3v) is 4.13. The molecule has 126 valence electrons. The molecule has 1 aliphatic rings. The summed E-state index contributed by atoms with van der Waals surface area (Å²) in [5.41, 5.74) is 7.72. The first-order valence-corrected chi connectivity index (χ1v) is 8.32. The summed E-state index contributed by atoms with van der Waals surface area (Å²) in [6.45, 7) is 6.80. The van der Waals surface area contributed by atoms with E-state index < -0.39 is 0 Å². The second-order valence-electron chi connectivity index (χ2n) is 5.76. The van der Waals surface area contributed by atoms with Crippen LogP contribution >= 0.6 is 0 Å². The quantitative estimate of drug-likeness (QED) is 0.880. The molecule has 2 aromatic rings. The topological polar surface area (TPSA) is 83.0 Å². The van der Waals surface area contributed by atoms with E-state index in [0.717, 1.165) is 23.1 Å². The molecule has 0 saturated heterocycles. The Morgan fingerprint density at radius 1 is 1.35 bits per heavy atom. The highest BCUT2D eigenvalue weighted by Crippen LogP contribution is 2.20. The number of aryl methyl sites for hydroxylation is 2. The highest BCUT2D eigenvalue weighted by molar-refractivity contribution is 5.96. The third kappa shape index (κ3) is 4.07. The van der Waals surface area contributed by atoms with E-state index in [4.69, 9.17) is 10.5 Å². The van der Waals surface area contributed by atoms with Crippen LogP contribution in [-0.2, 0) is 11.3 Å². The number of aromatic nitrogens is 3. The van der Waals surface area contributed by atoms with Gasteiger partial charge in [0, 0.05) is 24.2 Å². The van der Waals surface area contributed by atoms with Crippen molar-refractivity contribution < 1.29 is 9.53 Å². The van der Waals surface area contributed by atoms with Crippen molar-refractivity contribution >= 4 is 17.0 Å². The van der Waals surface area contributed by atoms with E-state index in [1.807, 2.05) is 13.8 Å². The Bertz CT molecular complexity index is 660. The van der Waals surface area contributed by atoms with Crippen molar-refractivity contribution in [1.29, 1.82) is 0 Å². The summed E-state index contributed by atoms with van der Waals surface area (Å²) in [5, 5.41) is 5.12. The zero-order valence-electron chi connectivity index (χ0n) is 14.2. The largest absolute Gasteiger partial charge is 0.462 e. The smallest absolute Gasteiger partial charge is 0.339 e. The van der Waals surface area contributed by atoms with Crippen molar-refractivity contribution in [2.45, 2.75) is 59.0 Å². The number of nitrogens with two attached hydrogens (primary N) is 1. The number of hydrogen-bond acceptors (Lipinski definition) is 5. The molecule has 2 N–H and O–H groups in total. The lowest BCUT2D eigenvalue weighted by atomic mass is 10.1. The van der Waals surface area contributed by atoms with Gasteiger partial charge >= 0.3 is 5.97 Å². The third-order valence-electron chi connectivity index (χ3n) is 4.13. The molecule has 2 heterocycles. The fourth-order valence-corrected chi connectivity index (χ4v) is 2.75. The second kappa shape index (κ2) is 8.06. The predicted octanol–water partition coefficient (Wildman–Crippen LogP) is 2.82. The maximum absolute atomic E-state index is 11.7. The molecule has 0 amide bonds. The van der Waals surface area contributed by atoms with Crippen LogP contribution in [0, 0.1) is 6.92 Å². The average Bonchev–Trinajstić information content (AvgIpc) is 3.17. The van der Waals surface area contributed by atoms with Crippen molar-refractivity contribution in [3.05, 3.63) is 23.5 Å². The fourth-order valence-electron chi connectivity index (χ4n) is 2.75. The number of carbonyl (C=O) groups excluding carboxylic acids is 1. The molecule has 0 spiro atoms. The molecule has 2 aromatic heterocycles. The van der Waals surface area contributed by atoms with E-state index >= 15 is 0 Å². The zero-order valence-corrected chi connectivity index (χ0v) is 14.2. The first-order valence-electron chi connectivity index (χ1n) is 8.32. The number of fused-ring (bicyclic) bond motifs is 1. The van der Waals surface area contributed by atoms with E-state index in [9.17, 15) is 4.79 Å². The van der Waals surface area contributed by atoms with E-state index in [2.05, 4.69) is 10.1 Å². The van der Waals surface area contributed by atoms with Crippen LogP contribution in [0.2, 0.25) is 0 Å². The molecule has 0 aromatic carbocycles. The van der Waals surface area contributed by atoms with Gasteiger partial charge in [0.15, 0.2) is 5.65 Å². The van der Waals surface area contributed by atoms with Crippen LogP contribution in [0.3, 0.4) is 0 Å². The molecule has 0 radical (unpaired) electrons. The van der Waals surface area contributed by atoms with Gasteiger partial charge in [0.05, 0.1) is 18.4 Å². The molecule has 1 fully saturated rings. The van der Waals surface area contributed by atoms with Gasteiger partial charge in [0.25, 0.3) is 0 Å². The minimum atomic E-state index is -0.330. The number of pyridine rings is 1. The van der Waals surface area contributed by atoms with E-state index in [1.54, 1.807) is 24.0 Å². The van der Waals surface area contributed by atoms with Crippen molar-refractivity contribution in [1.82, 2.24) is 14.8 Å². The van der Waals surface area contributed by atoms with Crippen LogP contribution in [0.4, 0.5) is 0 Å². The molecule has 0 unspecified atom stereocenters. The van der Waals surface area contributed by atoms with E-state index in [0.29, 0.717) is 18.2 Å². The Hall–Kier alpha value is -1.95. The van der Waals surface area contributed by atoms with Gasteiger partial charge < -0.3 is 10.5 Å². The number of ether oxygens (including phenoxy) is 1. The van der Waals surface area contributed by atoms with Gasteiger partial charge in [-0.3, -0.25) is 0 Å². The van der Waals surface area contributed by atoms with Crippen LogP contribution in [0.5, 0.6) is 0 Å². The minimum Gasteiger partial charge on any atom is -0.462 e. The standard InChI is InChI=1S/C12H15N3O2.C5H11N/c1-4-15-11-9(7-14-15)8(3)10(6-13-11)12(16)17-5-2;6-5-3-1-2-4-5/h6-7H,4-5H2,1-3H3;5H,1-4,6H2. The highest BCUT2D eigenvalue weighted by atomic mass is 16.5. The summed E-state index contributed by atoms with van der Waals surface area (Å²) in [7, 11) is 0. The van der Waals surface area contributed by atoms with Crippen LogP contribution in [0.25, 0.3) is 11.0 Å². The maximum atomic E-state index is 11.7. The molecule has 23 heavy (non-hydrogen) atoms. The number of esters is 1. The molecule has 6 heteroatoms. The molecule has 0 aliphatic heterocycles. The number of nitrogens with zero attached hydrogens (tertiary/aromatic N) is 3. The molecule has 1 aliphatic carbocycles. The SMILES string of the molecule is CCOC(=O)c1cnc2c(cnn2CC)c1C.NC1CCCC1. The van der Waals surface area contributed by atoms with Crippen LogP contribution in [0.1, 0.15) is 55.5 Å². The molecular formula is C17H26N4O2. The Balaban J connectivity index is 0.000000268. The molecule has 3 rings (SSSR count). The van der Waals surface area contributed by atoms with Gasteiger partial charge in [-0.2, -0.15) is 5.10 Å². The Morgan fingerprint density at radius 3 is 2.57 bits per heavy atom. The normalized spacial score (nSPS) is 14.6. The zero-order chi connectivity index (χ0) is 16.8. The van der Waals surface area contributed by atoms with Crippen LogP contribution < -0.4 is 5.73 Å². The molecule has 0 atom stereocenters. The van der Waals surface area contributed by atoms with Crippen molar-refractivity contribution in [3.63, 3.8) is 0 Å². The molecule has 1 saturated carbocycles. The highest BCUT2D eigenvalue weighted by Gasteiger charge is 2.15. The van der Waals surface area contributed by atoms with Gasteiger partial charge in [-0.05, 0) is 39.2 Å². The first kappa shape index (κ1) is 17.4. The lowest BCUT2D eigenvalue weighted by Gasteiger charge is -2.06. The van der Waals surface area contributed by atoms with E-state index in [-0.39, 0.29) is 5.97 Å². The average molecular weight is 318 g/mol. The van der Waals surface area contributed by atoms with Gasteiger partial charge in [-0.15, -0.1) is 0 Å². The summed E-state index contributed by atoms with van der Waals surface area (Å²) < 4.78 is 6.79. The lowest BCUT2D eigenvalue weighted by molar-refractivity contribution is 0.0525. The van der Waals surface area contributed by atoms with Crippen LogP contribution in [-0.4, -0.2) is 33.4 Å².